The van der Waals surface area contributed by atoms with Gasteiger partial charge in [-0.15, -0.1) is 0 Å². The van der Waals surface area contributed by atoms with E-state index in [0.29, 0.717) is 6.61 Å². The number of nitrogens with zero attached hydrogens (tertiary/aromatic N) is 1. The summed E-state index contributed by atoms with van der Waals surface area (Å²) in [5.41, 5.74) is 1.25. The molecule has 0 aromatic heterocycles. The van der Waals surface area contributed by atoms with Crippen molar-refractivity contribution in [3.63, 3.8) is 0 Å². The molecule has 0 N–H and O–H groups in total. The molecule has 0 aliphatic carbocycles. The fraction of sp³-hybridized carbons (Fsp3) is 0.294. The van der Waals surface area contributed by atoms with E-state index < -0.39 is 0 Å². The summed E-state index contributed by atoms with van der Waals surface area (Å²) in [6, 6.07) is 16.2. The fourth-order valence-electron chi connectivity index (χ4n) is 2.42. The first-order valence-electron chi connectivity index (χ1n) is 7.13. The zero-order chi connectivity index (χ0) is 14.5. The molecule has 110 valence electrons. The van der Waals surface area contributed by atoms with Gasteiger partial charge in [-0.05, 0) is 24.3 Å². The van der Waals surface area contributed by atoms with E-state index in [-0.39, 0.29) is 0 Å². The molecule has 1 aliphatic rings. The third-order valence-corrected chi connectivity index (χ3v) is 4.00. The van der Waals surface area contributed by atoms with E-state index in [1.807, 2.05) is 36.4 Å². The number of ether oxygens (including phenoxy) is 2. The second kappa shape index (κ2) is 6.96. The summed E-state index contributed by atoms with van der Waals surface area (Å²) in [4.78, 5) is 2.36. The van der Waals surface area contributed by atoms with E-state index in [1.165, 1.54) is 5.56 Å². The highest BCUT2D eigenvalue weighted by atomic mass is 79.9. The fourth-order valence-corrected chi connectivity index (χ4v) is 2.80. The topological polar surface area (TPSA) is 21.7 Å². The molecule has 2 aromatic rings. The van der Waals surface area contributed by atoms with Crippen LogP contribution in [0.15, 0.2) is 53.0 Å². The molecular formula is C17H18BrNO2. The summed E-state index contributed by atoms with van der Waals surface area (Å²) < 4.78 is 12.6. The largest absolute Gasteiger partial charge is 0.492 e. The Labute approximate surface area is 133 Å². The standard InChI is InChI=1S/C17H18BrNO2/c18-15-5-3-6-16(12-15)20-10-8-19-9-11-21-17-7-2-1-4-14(17)13-19/h1-7,12H,8-11,13H2. The summed E-state index contributed by atoms with van der Waals surface area (Å²) >= 11 is 3.45. The number of benzene rings is 2. The van der Waals surface area contributed by atoms with Crippen LogP contribution >= 0.6 is 15.9 Å². The molecule has 1 heterocycles. The first-order chi connectivity index (χ1) is 10.3. The maximum Gasteiger partial charge on any atom is 0.123 e. The van der Waals surface area contributed by atoms with Gasteiger partial charge in [0.1, 0.15) is 24.7 Å². The van der Waals surface area contributed by atoms with Crippen molar-refractivity contribution in [3.8, 4) is 11.5 Å². The summed E-state index contributed by atoms with van der Waals surface area (Å²) in [6.07, 6.45) is 0. The van der Waals surface area contributed by atoms with Gasteiger partial charge in [-0.1, -0.05) is 40.2 Å². The van der Waals surface area contributed by atoms with Crippen LogP contribution < -0.4 is 9.47 Å². The lowest BCUT2D eigenvalue weighted by Crippen LogP contribution is -2.30. The van der Waals surface area contributed by atoms with Crippen LogP contribution in [0.25, 0.3) is 0 Å². The predicted molar refractivity (Wildman–Crippen MR) is 86.9 cm³/mol. The number of para-hydroxylation sites is 1. The van der Waals surface area contributed by atoms with Gasteiger partial charge >= 0.3 is 0 Å². The molecular weight excluding hydrogens is 330 g/mol. The van der Waals surface area contributed by atoms with Crippen LogP contribution in [0, 0.1) is 0 Å². The first kappa shape index (κ1) is 14.4. The van der Waals surface area contributed by atoms with Gasteiger partial charge in [0, 0.05) is 29.7 Å². The Morgan fingerprint density at radius 1 is 1.14 bits per heavy atom. The molecule has 0 spiro atoms. The van der Waals surface area contributed by atoms with Crippen molar-refractivity contribution in [2.24, 2.45) is 0 Å². The van der Waals surface area contributed by atoms with Crippen molar-refractivity contribution in [1.29, 1.82) is 0 Å². The predicted octanol–water partition coefficient (Wildman–Crippen LogP) is 3.72. The normalized spacial score (nSPS) is 14.9. The molecule has 0 saturated heterocycles. The Bertz CT molecular complexity index is 603. The maximum atomic E-state index is 5.81. The molecule has 4 heteroatoms. The Kier molecular flexibility index (Phi) is 4.78. The number of fused-ring (bicyclic) bond motifs is 1. The van der Waals surface area contributed by atoms with Crippen molar-refractivity contribution in [1.82, 2.24) is 4.90 Å². The molecule has 3 nitrogen and oxygen atoms in total. The Morgan fingerprint density at radius 3 is 2.95 bits per heavy atom. The van der Waals surface area contributed by atoms with Crippen LogP contribution in [0.3, 0.4) is 0 Å². The van der Waals surface area contributed by atoms with Gasteiger partial charge in [0.15, 0.2) is 0 Å². The molecule has 2 aromatic carbocycles. The average molecular weight is 348 g/mol. The van der Waals surface area contributed by atoms with Gasteiger partial charge in [0.2, 0.25) is 0 Å². The van der Waals surface area contributed by atoms with E-state index in [4.69, 9.17) is 9.47 Å². The van der Waals surface area contributed by atoms with Gasteiger partial charge in [0.25, 0.3) is 0 Å². The van der Waals surface area contributed by atoms with Crippen LogP contribution in [0.4, 0.5) is 0 Å². The van der Waals surface area contributed by atoms with E-state index in [9.17, 15) is 0 Å². The quantitative estimate of drug-likeness (QED) is 0.841. The maximum absolute atomic E-state index is 5.81. The van der Waals surface area contributed by atoms with Crippen molar-refractivity contribution in [2.45, 2.75) is 6.54 Å². The Balaban J connectivity index is 1.54. The molecule has 0 amide bonds. The number of hydrogen-bond donors (Lipinski definition) is 0. The van der Waals surface area contributed by atoms with E-state index in [0.717, 1.165) is 42.2 Å². The highest BCUT2D eigenvalue weighted by Crippen LogP contribution is 2.22. The lowest BCUT2D eigenvalue weighted by Gasteiger charge is -2.19. The van der Waals surface area contributed by atoms with Crippen molar-refractivity contribution in [3.05, 3.63) is 58.6 Å². The minimum Gasteiger partial charge on any atom is -0.492 e. The Morgan fingerprint density at radius 2 is 2.05 bits per heavy atom. The molecule has 0 unspecified atom stereocenters. The van der Waals surface area contributed by atoms with Gasteiger partial charge in [-0.3, -0.25) is 4.90 Å². The smallest absolute Gasteiger partial charge is 0.123 e. The highest BCUT2D eigenvalue weighted by molar-refractivity contribution is 9.10. The summed E-state index contributed by atoms with van der Waals surface area (Å²) in [5, 5.41) is 0. The van der Waals surface area contributed by atoms with Crippen LogP contribution in [0.2, 0.25) is 0 Å². The molecule has 0 fully saturated rings. The minimum atomic E-state index is 0.679. The van der Waals surface area contributed by atoms with E-state index >= 15 is 0 Å². The van der Waals surface area contributed by atoms with Crippen molar-refractivity contribution < 1.29 is 9.47 Å². The summed E-state index contributed by atoms with van der Waals surface area (Å²) in [5.74, 6) is 1.91. The second-order valence-corrected chi connectivity index (χ2v) is 5.95. The molecule has 1 aliphatic heterocycles. The second-order valence-electron chi connectivity index (χ2n) is 5.04. The molecule has 21 heavy (non-hydrogen) atoms. The van der Waals surface area contributed by atoms with Gasteiger partial charge in [-0.2, -0.15) is 0 Å². The minimum absolute atomic E-state index is 0.679. The number of rotatable bonds is 4. The lowest BCUT2D eigenvalue weighted by atomic mass is 10.2. The first-order valence-corrected chi connectivity index (χ1v) is 7.92. The molecule has 3 rings (SSSR count). The van der Waals surface area contributed by atoms with Crippen molar-refractivity contribution >= 4 is 15.9 Å². The van der Waals surface area contributed by atoms with Crippen LogP contribution in [-0.4, -0.2) is 31.2 Å². The SMILES string of the molecule is Brc1cccc(OCCN2CCOc3ccccc3C2)c1. The molecule has 0 radical (unpaired) electrons. The lowest BCUT2D eigenvalue weighted by molar-refractivity contribution is 0.186. The number of halogens is 1. The van der Waals surface area contributed by atoms with Crippen LogP contribution in [0.1, 0.15) is 5.56 Å². The molecule has 0 saturated carbocycles. The molecule has 0 bridgehead atoms. The zero-order valence-corrected chi connectivity index (χ0v) is 13.4. The van der Waals surface area contributed by atoms with Crippen LogP contribution in [0.5, 0.6) is 11.5 Å². The van der Waals surface area contributed by atoms with Gasteiger partial charge in [-0.25, -0.2) is 0 Å². The summed E-state index contributed by atoms with van der Waals surface area (Å²) in [6.45, 7) is 4.14. The third-order valence-electron chi connectivity index (χ3n) is 3.50. The third kappa shape index (κ3) is 3.99. The van der Waals surface area contributed by atoms with Gasteiger partial charge in [0.05, 0.1) is 0 Å². The van der Waals surface area contributed by atoms with Crippen LogP contribution in [-0.2, 0) is 6.54 Å². The molecule has 0 atom stereocenters. The average Bonchev–Trinajstić information content (AvgIpc) is 2.69. The van der Waals surface area contributed by atoms with E-state index in [1.54, 1.807) is 0 Å². The number of hydrogen-bond acceptors (Lipinski definition) is 3. The monoisotopic (exact) mass is 347 g/mol. The highest BCUT2D eigenvalue weighted by Gasteiger charge is 2.14. The van der Waals surface area contributed by atoms with E-state index in [2.05, 4.69) is 33.0 Å². The van der Waals surface area contributed by atoms with Crippen molar-refractivity contribution in [2.75, 3.05) is 26.3 Å². The van der Waals surface area contributed by atoms with Gasteiger partial charge < -0.3 is 9.47 Å². The Hall–Kier alpha value is -1.52. The summed E-state index contributed by atoms with van der Waals surface area (Å²) in [7, 11) is 0. The zero-order valence-electron chi connectivity index (χ0n) is 11.8.